The molecule has 21 heavy (non-hydrogen) atoms. The second-order valence-electron chi connectivity index (χ2n) is 6.52. The Morgan fingerprint density at radius 1 is 1.33 bits per heavy atom. The predicted molar refractivity (Wildman–Crippen MR) is 84.0 cm³/mol. The van der Waals surface area contributed by atoms with Gasteiger partial charge in [-0.3, -0.25) is 4.79 Å². The maximum absolute atomic E-state index is 12.1. The largest absolute Gasteiger partial charge is 0.355 e. The van der Waals surface area contributed by atoms with E-state index in [1.54, 1.807) is 0 Å². The molecular formula is C16H23NO3S. The molecule has 0 aliphatic carbocycles. The molecule has 0 spiro atoms. The topological polar surface area (TPSA) is 63.2 Å². The van der Waals surface area contributed by atoms with Crippen LogP contribution in [0.5, 0.6) is 0 Å². The Bertz CT molecular complexity index is 635. The van der Waals surface area contributed by atoms with E-state index in [-0.39, 0.29) is 28.7 Å². The first kappa shape index (κ1) is 16.0. The number of benzene rings is 1. The third-order valence-electron chi connectivity index (χ3n) is 4.18. The molecule has 1 amide bonds. The number of carbonyl (C=O) groups excluding carboxylic acids is 1. The van der Waals surface area contributed by atoms with E-state index >= 15 is 0 Å². The van der Waals surface area contributed by atoms with Gasteiger partial charge in [0.1, 0.15) is 0 Å². The van der Waals surface area contributed by atoms with Gasteiger partial charge in [-0.05, 0) is 24.5 Å². The van der Waals surface area contributed by atoms with Crippen LogP contribution in [0, 0.1) is 12.8 Å². The first-order valence-electron chi connectivity index (χ1n) is 7.25. The Kier molecular flexibility index (Phi) is 4.42. The second-order valence-corrected chi connectivity index (χ2v) is 8.75. The third kappa shape index (κ3) is 3.84. The minimum atomic E-state index is -3.01. The number of aryl methyl sites for hydroxylation is 1. The van der Waals surface area contributed by atoms with Crippen LogP contribution in [0.15, 0.2) is 24.3 Å². The molecule has 1 N–H and O–H groups in total. The summed E-state index contributed by atoms with van der Waals surface area (Å²) >= 11 is 0. The first-order valence-corrected chi connectivity index (χ1v) is 9.08. The molecule has 4 nitrogen and oxygen atoms in total. The number of sulfone groups is 1. The van der Waals surface area contributed by atoms with Crippen molar-refractivity contribution in [1.29, 1.82) is 0 Å². The summed E-state index contributed by atoms with van der Waals surface area (Å²) in [5, 5.41) is 2.92. The molecule has 0 aromatic heterocycles. The van der Waals surface area contributed by atoms with Crippen molar-refractivity contribution in [2.75, 3.05) is 18.1 Å². The summed E-state index contributed by atoms with van der Waals surface area (Å²) < 4.78 is 22.9. The lowest BCUT2D eigenvalue weighted by molar-refractivity contribution is -0.124. The minimum absolute atomic E-state index is 0.0103. The molecule has 1 aromatic carbocycles. The molecule has 1 heterocycles. The smallest absolute Gasteiger partial charge is 0.224 e. The summed E-state index contributed by atoms with van der Waals surface area (Å²) in [6.07, 6.45) is 0.443. The number of nitrogens with one attached hydrogen (secondary N) is 1. The molecule has 0 bridgehead atoms. The van der Waals surface area contributed by atoms with Gasteiger partial charge in [-0.1, -0.05) is 38.1 Å². The molecule has 116 valence electrons. The molecule has 1 aliphatic heterocycles. The van der Waals surface area contributed by atoms with E-state index in [4.69, 9.17) is 0 Å². The molecule has 2 rings (SSSR count). The summed E-state index contributed by atoms with van der Waals surface area (Å²) in [5.41, 5.74) is 2.21. The molecule has 1 aromatic rings. The highest BCUT2D eigenvalue weighted by molar-refractivity contribution is 7.91. The van der Waals surface area contributed by atoms with Crippen molar-refractivity contribution in [3.8, 4) is 0 Å². The van der Waals surface area contributed by atoms with Crippen LogP contribution in [-0.4, -0.2) is 32.4 Å². The number of amides is 1. The van der Waals surface area contributed by atoms with Crippen LogP contribution in [0.4, 0.5) is 0 Å². The van der Waals surface area contributed by atoms with Crippen molar-refractivity contribution in [1.82, 2.24) is 5.32 Å². The van der Waals surface area contributed by atoms with Crippen LogP contribution in [0.25, 0.3) is 0 Å². The monoisotopic (exact) mass is 309 g/mol. The van der Waals surface area contributed by atoms with Crippen LogP contribution >= 0.6 is 0 Å². The Labute approximate surface area is 126 Å². The van der Waals surface area contributed by atoms with E-state index in [0.29, 0.717) is 13.0 Å². The molecule has 1 fully saturated rings. The van der Waals surface area contributed by atoms with E-state index in [9.17, 15) is 13.2 Å². The summed E-state index contributed by atoms with van der Waals surface area (Å²) in [4.78, 5) is 12.1. The van der Waals surface area contributed by atoms with Gasteiger partial charge in [-0.25, -0.2) is 8.42 Å². The lowest BCUT2D eigenvalue weighted by Crippen LogP contribution is -2.40. The Morgan fingerprint density at radius 2 is 2.00 bits per heavy atom. The summed E-state index contributed by atoms with van der Waals surface area (Å²) in [6, 6.07) is 8.12. The molecule has 1 aliphatic rings. The average molecular weight is 309 g/mol. The molecule has 0 radical (unpaired) electrons. The fourth-order valence-corrected chi connectivity index (χ4v) is 4.62. The van der Waals surface area contributed by atoms with Crippen LogP contribution in [0.3, 0.4) is 0 Å². The van der Waals surface area contributed by atoms with Gasteiger partial charge in [0.05, 0.1) is 17.4 Å². The zero-order valence-corrected chi connectivity index (χ0v) is 13.7. The van der Waals surface area contributed by atoms with E-state index in [1.165, 1.54) is 11.1 Å². The number of carbonyl (C=O) groups is 1. The van der Waals surface area contributed by atoms with Crippen molar-refractivity contribution < 1.29 is 13.2 Å². The van der Waals surface area contributed by atoms with Gasteiger partial charge in [0.2, 0.25) is 5.91 Å². The maximum atomic E-state index is 12.1. The number of hydrogen-bond acceptors (Lipinski definition) is 3. The van der Waals surface area contributed by atoms with Gasteiger partial charge in [0, 0.05) is 12.0 Å². The van der Waals surface area contributed by atoms with Crippen molar-refractivity contribution in [3.63, 3.8) is 0 Å². The average Bonchev–Trinajstić information content (AvgIpc) is 2.77. The highest BCUT2D eigenvalue weighted by Crippen LogP contribution is 2.26. The number of hydrogen-bond donors (Lipinski definition) is 1. The maximum Gasteiger partial charge on any atom is 0.224 e. The van der Waals surface area contributed by atoms with Gasteiger partial charge < -0.3 is 5.32 Å². The van der Waals surface area contributed by atoms with E-state index in [2.05, 4.69) is 38.2 Å². The van der Waals surface area contributed by atoms with Crippen molar-refractivity contribution in [3.05, 3.63) is 35.4 Å². The molecule has 0 saturated carbocycles. The van der Waals surface area contributed by atoms with Crippen LogP contribution in [-0.2, 0) is 20.0 Å². The van der Waals surface area contributed by atoms with Gasteiger partial charge in [0.25, 0.3) is 0 Å². The zero-order chi connectivity index (χ0) is 15.7. The lowest BCUT2D eigenvalue weighted by Gasteiger charge is -2.28. The standard InChI is InChI=1S/C16H23NO3S/c1-12-6-4-5-7-14(12)16(2,3)11-17-15(18)13-8-9-21(19,20)10-13/h4-7,13H,8-11H2,1-3H3,(H,17,18). The Balaban J connectivity index is 1.99. The lowest BCUT2D eigenvalue weighted by atomic mass is 9.82. The van der Waals surface area contributed by atoms with Crippen molar-refractivity contribution in [2.45, 2.75) is 32.6 Å². The van der Waals surface area contributed by atoms with Crippen LogP contribution < -0.4 is 5.32 Å². The van der Waals surface area contributed by atoms with Gasteiger partial charge in [0.15, 0.2) is 9.84 Å². The summed E-state index contributed by atoms with van der Waals surface area (Å²) in [5.74, 6) is -0.406. The van der Waals surface area contributed by atoms with Crippen molar-refractivity contribution >= 4 is 15.7 Å². The zero-order valence-electron chi connectivity index (χ0n) is 12.8. The fraction of sp³-hybridized carbons (Fsp3) is 0.562. The van der Waals surface area contributed by atoms with E-state index in [0.717, 1.165) is 0 Å². The number of rotatable bonds is 4. The van der Waals surface area contributed by atoms with Crippen molar-refractivity contribution in [2.24, 2.45) is 5.92 Å². The van der Waals surface area contributed by atoms with E-state index in [1.807, 2.05) is 12.1 Å². The SMILES string of the molecule is Cc1ccccc1C(C)(C)CNC(=O)C1CCS(=O)(=O)C1. The minimum Gasteiger partial charge on any atom is -0.355 e. The van der Waals surface area contributed by atoms with Crippen LogP contribution in [0.2, 0.25) is 0 Å². The predicted octanol–water partition coefficient (Wildman–Crippen LogP) is 1.82. The summed E-state index contributed by atoms with van der Waals surface area (Å²) in [6.45, 7) is 6.73. The summed E-state index contributed by atoms with van der Waals surface area (Å²) in [7, 11) is -3.01. The molecular weight excluding hydrogens is 286 g/mol. The Morgan fingerprint density at radius 3 is 2.57 bits per heavy atom. The first-order chi connectivity index (χ1) is 9.71. The highest BCUT2D eigenvalue weighted by atomic mass is 32.2. The third-order valence-corrected chi connectivity index (χ3v) is 5.95. The van der Waals surface area contributed by atoms with Gasteiger partial charge in [-0.15, -0.1) is 0 Å². The second kappa shape index (κ2) is 5.79. The molecule has 5 heteroatoms. The van der Waals surface area contributed by atoms with Gasteiger partial charge in [-0.2, -0.15) is 0 Å². The highest BCUT2D eigenvalue weighted by Gasteiger charge is 2.33. The quantitative estimate of drug-likeness (QED) is 0.923. The Hall–Kier alpha value is -1.36. The molecule has 1 saturated heterocycles. The van der Waals surface area contributed by atoms with Gasteiger partial charge >= 0.3 is 0 Å². The normalized spacial score (nSPS) is 21.2. The fourth-order valence-electron chi connectivity index (χ4n) is 2.88. The van der Waals surface area contributed by atoms with Crippen LogP contribution in [0.1, 0.15) is 31.4 Å². The molecule has 1 atom stereocenters. The van der Waals surface area contributed by atoms with E-state index < -0.39 is 9.84 Å². The molecule has 1 unspecified atom stereocenters.